The molecule has 0 aromatic heterocycles. The summed E-state index contributed by atoms with van der Waals surface area (Å²) in [7, 11) is 0. The third-order valence-corrected chi connectivity index (χ3v) is 0. The third kappa shape index (κ3) is 42.7. The van der Waals surface area contributed by atoms with Crippen LogP contribution in [0.3, 0.4) is 0 Å². The topological polar surface area (TPSA) is 85.5 Å². The Balaban J connectivity index is 0. The van der Waals surface area contributed by atoms with Gasteiger partial charge in [-0.25, -0.2) is 0 Å². The van der Waals surface area contributed by atoms with Gasteiger partial charge in [-0.1, -0.05) is 0 Å². The molecule has 0 aromatic rings. The fourth-order valence-electron chi connectivity index (χ4n) is 0. The van der Waals surface area contributed by atoms with Gasteiger partial charge >= 0.3 is 37.2 Å². The standard InChI is InChI=1S/Ir.Mn.3O/q+4;+2;3*-2. The Hall–Kier alpha value is 1.05. The van der Waals surface area contributed by atoms with Gasteiger partial charge < -0.3 is 16.4 Å². The van der Waals surface area contributed by atoms with Crippen molar-refractivity contribution in [2.24, 2.45) is 0 Å². The first-order valence-electron chi connectivity index (χ1n) is 0. The van der Waals surface area contributed by atoms with Gasteiger partial charge in [-0.05, 0) is 0 Å². The second kappa shape index (κ2) is 75.2. The molecule has 0 rings (SSSR count). The summed E-state index contributed by atoms with van der Waals surface area (Å²) in [4.78, 5) is 0. The van der Waals surface area contributed by atoms with Crippen LogP contribution in [0.4, 0.5) is 0 Å². The van der Waals surface area contributed by atoms with E-state index in [0.29, 0.717) is 0 Å². The monoisotopic (exact) mass is 296 g/mol. The third-order valence-electron chi connectivity index (χ3n) is 0. The van der Waals surface area contributed by atoms with Crippen molar-refractivity contribution in [1.29, 1.82) is 0 Å². The molecule has 0 aliphatic rings. The smallest absolute Gasteiger partial charge is 2.00 e. The number of hydrogen-bond donors (Lipinski definition) is 0. The zero-order valence-corrected chi connectivity index (χ0v) is 5.51. The van der Waals surface area contributed by atoms with Crippen molar-refractivity contribution in [2.45, 2.75) is 0 Å². The Labute approximate surface area is 53.9 Å². The number of hydrogen-bond acceptors (Lipinski definition) is 0. The van der Waals surface area contributed by atoms with Crippen molar-refractivity contribution in [1.82, 2.24) is 0 Å². The van der Waals surface area contributed by atoms with Gasteiger partial charge in [0.2, 0.25) is 0 Å². The van der Waals surface area contributed by atoms with Crippen molar-refractivity contribution in [3.63, 3.8) is 0 Å². The van der Waals surface area contributed by atoms with E-state index in [9.17, 15) is 0 Å². The molecule has 2 radical (unpaired) electrons. The van der Waals surface area contributed by atoms with E-state index in [-0.39, 0.29) is 53.6 Å². The second-order valence-corrected chi connectivity index (χ2v) is 0. The predicted molar refractivity (Wildman–Crippen MR) is 2.06 cm³/mol. The maximum atomic E-state index is 0. The van der Waals surface area contributed by atoms with Gasteiger partial charge in [0.1, 0.15) is 0 Å². The van der Waals surface area contributed by atoms with E-state index in [2.05, 4.69) is 0 Å². The van der Waals surface area contributed by atoms with Gasteiger partial charge in [-0.15, -0.1) is 0 Å². The molecule has 0 fully saturated rings. The van der Waals surface area contributed by atoms with Crippen molar-refractivity contribution in [3.05, 3.63) is 0 Å². The first-order valence-corrected chi connectivity index (χ1v) is 0. The zero-order chi connectivity index (χ0) is 0. The molecule has 3 nitrogen and oxygen atoms in total. The summed E-state index contributed by atoms with van der Waals surface area (Å²) >= 11 is 0. The first kappa shape index (κ1) is 140. The minimum Gasteiger partial charge on any atom is -2.00 e. The maximum Gasteiger partial charge on any atom is 4.00 e. The van der Waals surface area contributed by atoms with E-state index in [1.165, 1.54) is 0 Å². The zero-order valence-electron chi connectivity index (χ0n) is 1.94. The molecule has 0 N–H and O–H groups in total. The Kier molecular flexibility index (Phi) is 2110. The summed E-state index contributed by atoms with van der Waals surface area (Å²) in [6.07, 6.45) is 0. The predicted octanol–water partition coefficient (Wildman–Crippen LogP) is -0.361. The summed E-state index contributed by atoms with van der Waals surface area (Å²) < 4.78 is 0. The summed E-state index contributed by atoms with van der Waals surface area (Å²) in [6, 6.07) is 0. The largest absolute Gasteiger partial charge is 4.00 e. The molecule has 0 saturated heterocycles. The second-order valence-electron chi connectivity index (χ2n) is 0. The van der Waals surface area contributed by atoms with Gasteiger partial charge in [0.05, 0.1) is 0 Å². The average molecular weight is 295 g/mol. The van der Waals surface area contributed by atoms with E-state index in [1.807, 2.05) is 0 Å². The molecule has 0 aromatic carbocycles. The van der Waals surface area contributed by atoms with Crippen LogP contribution in [0.15, 0.2) is 0 Å². The molecule has 0 amide bonds. The van der Waals surface area contributed by atoms with Crippen molar-refractivity contribution in [2.75, 3.05) is 0 Å². The minimum absolute atomic E-state index is 0. The molecular weight excluding hydrogens is 295 g/mol. The first-order chi connectivity index (χ1) is 0. The molecule has 0 aliphatic heterocycles. The molecule has 0 aliphatic carbocycles. The average Bonchev–Trinajstić information content (AvgIpc) is 0. The van der Waals surface area contributed by atoms with Crippen LogP contribution in [0.2, 0.25) is 0 Å². The maximum absolute atomic E-state index is 0. The fourth-order valence-corrected chi connectivity index (χ4v) is 0. The van der Waals surface area contributed by atoms with E-state index in [0.717, 1.165) is 0 Å². The van der Waals surface area contributed by atoms with E-state index in [1.54, 1.807) is 0 Å². The molecule has 0 unspecified atom stereocenters. The summed E-state index contributed by atoms with van der Waals surface area (Å²) in [5.41, 5.74) is 0. The molecule has 0 spiro atoms. The van der Waals surface area contributed by atoms with Crippen LogP contribution in [0, 0.1) is 0 Å². The quantitative estimate of drug-likeness (QED) is 0.547. The molecule has 5 heteroatoms. The molecule has 0 bridgehead atoms. The van der Waals surface area contributed by atoms with Crippen LogP contribution in [-0.4, -0.2) is 0 Å². The summed E-state index contributed by atoms with van der Waals surface area (Å²) in [5, 5.41) is 0. The molecule has 34 valence electrons. The SMILES string of the molecule is [Ir+4].[Mn+2].[O-2].[O-2].[O-2]. The van der Waals surface area contributed by atoms with Gasteiger partial charge in [0, 0.05) is 0 Å². The Morgan fingerprint density at radius 2 is 0.600 bits per heavy atom. The van der Waals surface area contributed by atoms with Crippen LogP contribution in [-0.2, 0) is 53.6 Å². The Morgan fingerprint density at radius 1 is 0.600 bits per heavy atom. The fraction of sp³-hybridized carbons (Fsp3) is 0. The molecule has 0 atom stereocenters. The van der Waals surface area contributed by atoms with Crippen molar-refractivity contribution < 1.29 is 53.6 Å². The summed E-state index contributed by atoms with van der Waals surface area (Å²) in [6.45, 7) is 0. The Bertz CT molecular complexity index is 6.85. The van der Waals surface area contributed by atoms with Crippen LogP contribution >= 0.6 is 0 Å². The van der Waals surface area contributed by atoms with Crippen LogP contribution in [0.5, 0.6) is 0 Å². The molecular formula is IrMnO3. The van der Waals surface area contributed by atoms with Gasteiger partial charge in [0.25, 0.3) is 0 Å². The molecule has 0 heterocycles. The van der Waals surface area contributed by atoms with E-state index in [4.69, 9.17) is 0 Å². The van der Waals surface area contributed by atoms with Crippen LogP contribution in [0.25, 0.3) is 0 Å². The number of rotatable bonds is 0. The van der Waals surface area contributed by atoms with Gasteiger partial charge in [0.15, 0.2) is 0 Å². The van der Waals surface area contributed by atoms with E-state index < -0.39 is 0 Å². The van der Waals surface area contributed by atoms with Gasteiger partial charge in [-0.2, -0.15) is 0 Å². The normalized spacial score (nSPS) is 0. The summed E-state index contributed by atoms with van der Waals surface area (Å²) in [5.74, 6) is 0. The van der Waals surface area contributed by atoms with Crippen LogP contribution < -0.4 is 0 Å². The van der Waals surface area contributed by atoms with Crippen molar-refractivity contribution >= 4 is 0 Å². The molecule has 0 saturated carbocycles. The van der Waals surface area contributed by atoms with Crippen LogP contribution in [0.1, 0.15) is 0 Å². The molecule has 5 heavy (non-hydrogen) atoms. The minimum atomic E-state index is 0. The Morgan fingerprint density at radius 3 is 0.600 bits per heavy atom. The van der Waals surface area contributed by atoms with Gasteiger partial charge in [-0.3, -0.25) is 0 Å². The van der Waals surface area contributed by atoms with Crippen molar-refractivity contribution in [3.8, 4) is 0 Å². The van der Waals surface area contributed by atoms with E-state index >= 15 is 0 Å².